The van der Waals surface area contributed by atoms with Gasteiger partial charge in [-0.2, -0.15) is 13.2 Å². The van der Waals surface area contributed by atoms with Crippen LogP contribution in [0.4, 0.5) is 18.9 Å². The third-order valence-electron chi connectivity index (χ3n) is 2.33. The Balaban J connectivity index is 2.64. The first kappa shape index (κ1) is 10.8. The van der Waals surface area contributed by atoms with Crippen molar-refractivity contribution in [2.45, 2.75) is 19.6 Å². The van der Waals surface area contributed by atoms with Crippen LogP contribution in [0.5, 0.6) is 0 Å². The summed E-state index contributed by atoms with van der Waals surface area (Å²) >= 11 is 0. The van der Waals surface area contributed by atoms with E-state index in [1.165, 1.54) is 6.92 Å². The topological polar surface area (TPSA) is 43.8 Å². The maximum absolute atomic E-state index is 12.4. The molecule has 0 radical (unpaired) electrons. The van der Waals surface area contributed by atoms with Gasteiger partial charge >= 0.3 is 6.18 Å². The van der Waals surface area contributed by atoms with E-state index < -0.39 is 12.7 Å². The molecule has 3 nitrogen and oxygen atoms in total. The third-order valence-corrected chi connectivity index (χ3v) is 2.33. The molecule has 0 spiro atoms. The Bertz CT molecular complexity index is 528. The van der Waals surface area contributed by atoms with E-state index in [0.29, 0.717) is 22.5 Å². The number of nitrogen functional groups attached to an aromatic ring is 1. The largest absolute Gasteiger partial charge is 0.406 e. The Kier molecular flexibility index (Phi) is 2.29. The van der Waals surface area contributed by atoms with Crippen LogP contribution in [0, 0.1) is 6.92 Å². The van der Waals surface area contributed by atoms with Crippen LogP contribution in [-0.2, 0) is 6.54 Å². The van der Waals surface area contributed by atoms with E-state index in [2.05, 4.69) is 4.98 Å². The van der Waals surface area contributed by atoms with E-state index in [4.69, 9.17) is 5.73 Å². The van der Waals surface area contributed by atoms with Gasteiger partial charge in [-0.05, 0) is 19.1 Å². The fourth-order valence-electron chi connectivity index (χ4n) is 1.70. The van der Waals surface area contributed by atoms with Crippen LogP contribution in [0.2, 0.25) is 0 Å². The fraction of sp³-hybridized carbons (Fsp3) is 0.300. The molecule has 0 saturated carbocycles. The number of alkyl halides is 3. The number of aryl methyl sites for hydroxylation is 1. The number of hydrogen-bond acceptors (Lipinski definition) is 2. The Hall–Kier alpha value is -1.72. The van der Waals surface area contributed by atoms with Gasteiger partial charge in [-0.25, -0.2) is 4.98 Å². The highest BCUT2D eigenvalue weighted by molar-refractivity contribution is 5.87. The molecule has 0 aliphatic carbocycles. The molecule has 1 aromatic heterocycles. The van der Waals surface area contributed by atoms with Crippen LogP contribution in [0.15, 0.2) is 18.2 Å². The lowest BCUT2D eigenvalue weighted by atomic mass is 10.2. The van der Waals surface area contributed by atoms with Crippen molar-refractivity contribution < 1.29 is 13.2 Å². The SMILES string of the molecule is Cc1nc2cccc(N)c2n1CC(F)(F)F. The highest BCUT2D eigenvalue weighted by Crippen LogP contribution is 2.26. The summed E-state index contributed by atoms with van der Waals surface area (Å²) in [5.41, 5.74) is 6.80. The van der Waals surface area contributed by atoms with Gasteiger partial charge in [-0.3, -0.25) is 0 Å². The van der Waals surface area contributed by atoms with Crippen molar-refractivity contribution >= 4 is 16.7 Å². The summed E-state index contributed by atoms with van der Waals surface area (Å²) in [5, 5.41) is 0. The minimum atomic E-state index is -4.28. The van der Waals surface area contributed by atoms with Crippen LogP contribution in [0.1, 0.15) is 5.82 Å². The van der Waals surface area contributed by atoms with Crippen LogP contribution in [0.3, 0.4) is 0 Å². The molecule has 1 heterocycles. The van der Waals surface area contributed by atoms with E-state index >= 15 is 0 Å². The summed E-state index contributed by atoms with van der Waals surface area (Å²) in [4.78, 5) is 4.04. The number of para-hydroxylation sites is 1. The molecule has 6 heteroatoms. The van der Waals surface area contributed by atoms with Gasteiger partial charge in [0.2, 0.25) is 0 Å². The van der Waals surface area contributed by atoms with Crippen molar-refractivity contribution in [1.82, 2.24) is 9.55 Å². The maximum Gasteiger partial charge on any atom is 0.406 e. The van der Waals surface area contributed by atoms with E-state index in [-0.39, 0.29) is 0 Å². The molecule has 0 saturated heterocycles. The molecule has 0 fully saturated rings. The zero-order chi connectivity index (χ0) is 11.9. The quantitative estimate of drug-likeness (QED) is 0.763. The molecule has 2 N–H and O–H groups in total. The number of hydrogen-bond donors (Lipinski definition) is 1. The molecule has 16 heavy (non-hydrogen) atoms. The van der Waals surface area contributed by atoms with Gasteiger partial charge in [-0.15, -0.1) is 0 Å². The molecule has 0 aliphatic rings. The molecule has 2 rings (SSSR count). The zero-order valence-corrected chi connectivity index (χ0v) is 8.54. The van der Waals surface area contributed by atoms with Crippen LogP contribution in [-0.4, -0.2) is 15.7 Å². The van der Waals surface area contributed by atoms with Crippen molar-refractivity contribution in [2.24, 2.45) is 0 Å². The lowest BCUT2D eigenvalue weighted by Gasteiger charge is -2.10. The number of nitrogens with two attached hydrogens (primary N) is 1. The standard InChI is InChI=1S/C10H10F3N3/c1-6-15-8-4-2-3-7(14)9(8)16(6)5-10(11,12)13/h2-4H,5,14H2,1H3. The van der Waals surface area contributed by atoms with E-state index in [9.17, 15) is 13.2 Å². The van der Waals surface area contributed by atoms with Gasteiger partial charge < -0.3 is 10.3 Å². The number of imidazole rings is 1. The lowest BCUT2D eigenvalue weighted by Crippen LogP contribution is -2.18. The van der Waals surface area contributed by atoms with Crippen LogP contribution >= 0.6 is 0 Å². The molecule has 0 atom stereocenters. The first-order valence-electron chi connectivity index (χ1n) is 4.66. The van der Waals surface area contributed by atoms with Crippen LogP contribution in [0.25, 0.3) is 11.0 Å². The van der Waals surface area contributed by atoms with Gasteiger partial charge in [-0.1, -0.05) is 6.07 Å². The molecule has 1 aromatic carbocycles. The fourth-order valence-corrected chi connectivity index (χ4v) is 1.70. The second kappa shape index (κ2) is 3.40. The Morgan fingerprint density at radius 3 is 2.69 bits per heavy atom. The van der Waals surface area contributed by atoms with Gasteiger partial charge in [0.15, 0.2) is 0 Å². The minimum absolute atomic E-state index is 0.308. The van der Waals surface area contributed by atoms with E-state index in [1.807, 2.05) is 0 Å². The summed E-state index contributed by atoms with van der Waals surface area (Å²) in [6, 6.07) is 4.88. The van der Waals surface area contributed by atoms with E-state index in [1.54, 1.807) is 18.2 Å². The minimum Gasteiger partial charge on any atom is -0.397 e. The second-order valence-electron chi connectivity index (χ2n) is 3.58. The van der Waals surface area contributed by atoms with Gasteiger partial charge in [0.05, 0.1) is 16.7 Å². The predicted molar refractivity (Wildman–Crippen MR) is 54.9 cm³/mol. The van der Waals surface area contributed by atoms with Crippen molar-refractivity contribution in [3.05, 3.63) is 24.0 Å². The molecule has 86 valence electrons. The smallest absolute Gasteiger partial charge is 0.397 e. The number of nitrogens with zero attached hydrogens (tertiary/aromatic N) is 2. The predicted octanol–water partition coefficient (Wildman–Crippen LogP) is 2.49. The summed E-state index contributed by atoms with van der Waals surface area (Å²) in [5.74, 6) is 0.310. The normalized spacial score (nSPS) is 12.2. The summed E-state index contributed by atoms with van der Waals surface area (Å²) in [7, 11) is 0. The molecule has 0 aliphatic heterocycles. The van der Waals surface area contributed by atoms with Crippen molar-refractivity contribution in [2.75, 3.05) is 5.73 Å². The van der Waals surface area contributed by atoms with Crippen LogP contribution < -0.4 is 5.73 Å². The molecule has 0 unspecified atom stereocenters. The van der Waals surface area contributed by atoms with E-state index in [0.717, 1.165) is 4.57 Å². The highest BCUT2D eigenvalue weighted by Gasteiger charge is 2.29. The van der Waals surface area contributed by atoms with Crippen molar-refractivity contribution in [3.8, 4) is 0 Å². The third kappa shape index (κ3) is 1.82. The highest BCUT2D eigenvalue weighted by atomic mass is 19.4. The van der Waals surface area contributed by atoms with Gasteiger partial charge in [0.1, 0.15) is 12.4 Å². The maximum atomic E-state index is 12.4. The number of benzene rings is 1. The molecule has 0 amide bonds. The van der Waals surface area contributed by atoms with Crippen molar-refractivity contribution in [3.63, 3.8) is 0 Å². The Morgan fingerprint density at radius 2 is 2.06 bits per heavy atom. The number of anilines is 1. The molecular weight excluding hydrogens is 219 g/mol. The summed E-state index contributed by atoms with van der Waals surface area (Å²) < 4.78 is 38.2. The summed E-state index contributed by atoms with van der Waals surface area (Å²) in [6.07, 6.45) is -4.28. The Morgan fingerprint density at radius 1 is 1.38 bits per heavy atom. The van der Waals surface area contributed by atoms with Crippen molar-refractivity contribution in [1.29, 1.82) is 0 Å². The first-order valence-corrected chi connectivity index (χ1v) is 4.66. The first-order chi connectivity index (χ1) is 7.38. The average Bonchev–Trinajstić information content (AvgIpc) is 2.42. The number of aromatic nitrogens is 2. The average molecular weight is 229 g/mol. The number of fused-ring (bicyclic) bond motifs is 1. The lowest BCUT2D eigenvalue weighted by molar-refractivity contribution is -0.140. The molecule has 2 aromatic rings. The van der Waals surface area contributed by atoms with Gasteiger partial charge in [0.25, 0.3) is 0 Å². The summed E-state index contributed by atoms with van der Waals surface area (Å²) in [6.45, 7) is 0.467. The number of rotatable bonds is 1. The Labute approximate surface area is 89.7 Å². The second-order valence-corrected chi connectivity index (χ2v) is 3.58. The molecular formula is C10H10F3N3. The molecule has 0 bridgehead atoms. The monoisotopic (exact) mass is 229 g/mol. The zero-order valence-electron chi connectivity index (χ0n) is 8.54. The number of halogens is 3. The van der Waals surface area contributed by atoms with Gasteiger partial charge in [0, 0.05) is 0 Å².